The van der Waals surface area contributed by atoms with Crippen molar-refractivity contribution in [3.05, 3.63) is 94.5 Å². The molecular weight excluding hydrogens is 463 g/mol. The van der Waals surface area contributed by atoms with Gasteiger partial charge in [0.25, 0.3) is 0 Å². The van der Waals surface area contributed by atoms with Crippen molar-refractivity contribution in [2.45, 2.75) is 19.1 Å². The van der Waals surface area contributed by atoms with Crippen LogP contribution in [-0.2, 0) is 11.0 Å². The predicted molar refractivity (Wildman–Crippen MR) is 129 cm³/mol. The molecule has 4 nitrogen and oxygen atoms in total. The highest BCUT2D eigenvalue weighted by Gasteiger charge is 2.33. The molecule has 0 aromatic heterocycles. The van der Waals surface area contributed by atoms with Gasteiger partial charge in [0.15, 0.2) is 0 Å². The second-order valence-electron chi connectivity index (χ2n) is 8.30. The number of para-hydroxylation sites is 1. The first-order valence-electron chi connectivity index (χ1n) is 11.0. The molecule has 0 unspecified atom stereocenters. The van der Waals surface area contributed by atoms with E-state index in [1.807, 2.05) is 42.5 Å². The van der Waals surface area contributed by atoms with E-state index in [0.717, 1.165) is 36.9 Å². The lowest BCUT2D eigenvalue weighted by Crippen LogP contribution is -2.50. The maximum atomic E-state index is 13.4. The second-order valence-corrected chi connectivity index (χ2v) is 8.71. The molecule has 0 bridgehead atoms. The highest BCUT2D eigenvalue weighted by molar-refractivity contribution is 6.33. The number of alkyl halides is 3. The minimum Gasteiger partial charge on any atom is -0.369 e. The van der Waals surface area contributed by atoms with Gasteiger partial charge < -0.3 is 10.2 Å². The lowest BCUT2D eigenvalue weighted by Gasteiger charge is -2.40. The first-order chi connectivity index (χ1) is 16.2. The number of hydrogen-bond donors (Lipinski definition) is 1. The van der Waals surface area contributed by atoms with Crippen LogP contribution in [0.4, 0.5) is 24.5 Å². The number of aryl methyl sites for hydroxylation is 1. The fraction of sp³-hybridized carbons (Fsp3) is 0.269. The highest BCUT2D eigenvalue weighted by atomic mass is 35.5. The Labute approximate surface area is 201 Å². The molecular formula is C26H25ClF3N3O. The number of halogens is 4. The number of amides is 1. The number of carbonyl (C=O) groups is 1. The fourth-order valence-corrected chi connectivity index (χ4v) is 4.47. The van der Waals surface area contributed by atoms with Gasteiger partial charge in [-0.25, -0.2) is 0 Å². The summed E-state index contributed by atoms with van der Waals surface area (Å²) >= 11 is 6.13. The first kappa shape index (κ1) is 24.1. The number of carbonyl (C=O) groups excluding carboxylic acids is 1. The van der Waals surface area contributed by atoms with Crippen LogP contribution in [0.1, 0.15) is 22.7 Å². The third-order valence-electron chi connectivity index (χ3n) is 6.05. The maximum absolute atomic E-state index is 13.4. The Balaban J connectivity index is 1.56. The zero-order chi connectivity index (χ0) is 24.3. The average Bonchev–Trinajstić information content (AvgIpc) is 2.81. The zero-order valence-electron chi connectivity index (χ0n) is 18.6. The Morgan fingerprint density at radius 2 is 1.59 bits per heavy atom. The molecule has 178 valence electrons. The lowest BCUT2D eigenvalue weighted by atomic mass is 10.0. The number of nitrogens with one attached hydrogen (secondary N) is 1. The Bertz CT molecular complexity index is 1150. The molecule has 34 heavy (non-hydrogen) atoms. The summed E-state index contributed by atoms with van der Waals surface area (Å²) in [6.45, 7) is 4.77. The smallest absolute Gasteiger partial charge is 0.369 e. The molecule has 0 aliphatic carbocycles. The first-order valence-corrected chi connectivity index (χ1v) is 11.4. The van der Waals surface area contributed by atoms with Crippen LogP contribution in [0.15, 0.2) is 72.8 Å². The van der Waals surface area contributed by atoms with Crippen LogP contribution in [0.5, 0.6) is 0 Å². The molecule has 1 atom stereocenters. The van der Waals surface area contributed by atoms with E-state index in [0.29, 0.717) is 13.1 Å². The van der Waals surface area contributed by atoms with E-state index in [-0.39, 0.29) is 10.7 Å². The monoisotopic (exact) mass is 487 g/mol. The largest absolute Gasteiger partial charge is 0.416 e. The molecule has 1 fully saturated rings. The topological polar surface area (TPSA) is 35.6 Å². The molecule has 0 radical (unpaired) electrons. The van der Waals surface area contributed by atoms with Crippen molar-refractivity contribution >= 4 is 28.9 Å². The van der Waals surface area contributed by atoms with Gasteiger partial charge in [0, 0.05) is 31.9 Å². The van der Waals surface area contributed by atoms with Crippen LogP contribution in [-0.4, -0.2) is 37.0 Å². The van der Waals surface area contributed by atoms with Crippen LogP contribution in [0.3, 0.4) is 0 Å². The van der Waals surface area contributed by atoms with Crippen LogP contribution in [0.25, 0.3) is 0 Å². The molecule has 1 amide bonds. The van der Waals surface area contributed by atoms with Gasteiger partial charge in [0.1, 0.15) is 6.04 Å². The van der Waals surface area contributed by atoms with Gasteiger partial charge in [-0.3, -0.25) is 9.69 Å². The van der Waals surface area contributed by atoms with Crippen molar-refractivity contribution in [3.63, 3.8) is 0 Å². The third-order valence-corrected chi connectivity index (χ3v) is 6.38. The summed E-state index contributed by atoms with van der Waals surface area (Å²) < 4.78 is 39.6. The number of anilines is 2. The second kappa shape index (κ2) is 10.1. The molecule has 0 saturated carbocycles. The van der Waals surface area contributed by atoms with Gasteiger partial charge in [-0.05, 0) is 42.3 Å². The lowest BCUT2D eigenvalue weighted by molar-refractivity contribution is -0.137. The minimum absolute atomic E-state index is 0.0533. The van der Waals surface area contributed by atoms with E-state index in [1.165, 1.54) is 11.3 Å². The zero-order valence-corrected chi connectivity index (χ0v) is 19.4. The third kappa shape index (κ3) is 5.37. The molecule has 1 saturated heterocycles. The number of benzene rings is 3. The number of rotatable bonds is 5. The molecule has 1 heterocycles. The molecule has 1 aliphatic rings. The number of nitrogens with zero attached hydrogens (tertiary/aromatic N) is 2. The molecule has 4 rings (SSSR count). The molecule has 3 aromatic rings. The van der Waals surface area contributed by atoms with Crippen molar-refractivity contribution < 1.29 is 18.0 Å². The highest BCUT2D eigenvalue weighted by Crippen LogP contribution is 2.35. The van der Waals surface area contributed by atoms with Crippen molar-refractivity contribution in [3.8, 4) is 0 Å². The summed E-state index contributed by atoms with van der Waals surface area (Å²) in [5.41, 5.74) is 2.20. The molecule has 0 spiro atoms. The summed E-state index contributed by atoms with van der Waals surface area (Å²) in [7, 11) is 0. The van der Waals surface area contributed by atoms with Gasteiger partial charge in [-0.1, -0.05) is 60.1 Å². The summed E-state index contributed by atoms with van der Waals surface area (Å²) in [4.78, 5) is 17.8. The maximum Gasteiger partial charge on any atom is 0.416 e. The molecule has 8 heteroatoms. The van der Waals surface area contributed by atoms with E-state index >= 15 is 0 Å². The normalized spacial score (nSPS) is 15.7. The standard InChI is InChI=1S/C26H25ClF3N3O/c1-18-7-5-6-10-23(18)32-13-15-33(16-14-32)24(19-8-3-2-4-9-19)25(34)31-22-17-20(26(28,29)30)11-12-21(22)27/h2-12,17,24H,13-16H2,1H3,(H,31,34)/t24-/m0/s1. The quantitative estimate of drug-likeness (QED) is 0.467. The van der Waals surface area contributed by atoms with Gasteiger partial charge in [0.2, 0.25) is 5.91 Å². The predicted octanol–water partition coefficient (Wildman–Crippen LogP) is 6.17. The van der Waals surface area contributed by atoms with E-state index in [4.69, 9.17) is 11.6 Å². The molecule has 1 aliphatic heterocycles. The number of hydrogen-bond acceptors (Lipinski definition) is 3. The number of piperazine rings is 1. The van der Waals surface area contributed by atoms with Crippen molar-refractivity contribution in [2.75, 3.05) is 36.4 Å². The van der Waals surface area contributed by atoms with E-state index in [1.54, 1.807) is 0 Å². The Hall–Kier alpha value is -3.03. The van der Waals surface area contributed by atoms with E-state index < -0.39 is 23.7 Å². The van der Waals surface area contributed by atoms with Gasteiger partial charge in [-0.15, -0.1) is 0 Å². The van der Waals surface area contributed by atoms with Crippen LogP contribution >= 0.6 is 11.6 Å². The fourth-order valence-electron chi connectivity index (χ4n) is 4.30. The summed E-state index contributed by atoms with van der Waals surface area (Å²) in [5.74, 6) is -0.420. The van der Waals surface area contributed by atoms with Crippen LogP contribution in [0.2, 0.25) is 5.02 Å². The molecule has 3 aromatic carbocycles. The minimum atomic E-state index is -4.53. The Morgan fingerprint density at radius 3 is 2.24 bits per heavy atom. The van der Waals surface area contributed by atoms with Crippen molar-refractivity contribution in [1.29, 1.82) is 0 Å². The van der Waals surface area contributed by atoms with Crippen molar-refractivity contribution in [2.24, 2.45) is 0 Å². The SMILES string of the molecule is Cc1ccccc1N1CCN([C@H](C(=O)Nc2cc(C(F)(F)F)ccc2Cl)c2ccccc2)CC1. The van der Waals surface area contributed by atoms with Crippen LogP contribution < -0.4 is 10.2 Å². The molecule has 1 N–H and O–H groups in total. The van der Waals surface area contributed by atoms with Gasteiger partial charge >= 0.3 is 6.18 Å². The Morgan fingerprint density at radius 1 is 0.941 bits per heavy atom. The van der Waals surface area contributed by atoms with Gasteiger partial charge in [-0.2, -0.15) is 13.2 Å². The Kier molecular flexibility index (Phi) is 7.14. The van der Waals surface area contributed by atoms with E-state index in [9.17, 15) is 18.0 Å². The van der Waals surface area contributed by atoms with E-state index in [2.05, 4.69) is 34.2 Å². The van der Waals surface area contributed by atoms with Gasteiger partial charge in [0.05, 0.1) is 16.3 Å². The summed E-state index contributed by atoms with van der Waals surface area (Å²) in [5, 5.41) is 2.70. The van der Waals surface area contributed by atoms with Crippen molar-refractivity contribution in [1.82, 2.24) is 4.90 Å². The van der Waals surface area contributed by atoms with Crippen LogP contribution in [0, 0.1) is 6.92 Å². The summed E-state index contributed by atoms with van der Waals surface area (Å²) in [6, 6.07) is 19.7. The summed E-state index contributed by atoms with van der Waals surface area (Å²) in [6.07, 6.45) is -4.53. The average molecular weight is 488 g/mol.